The van der Waals surface area contributed by atoms with Gasteiger partial charge in [0.05, 0.1) is 48.8 Å². The number of aliphatic hydroxyl groups is 8. The molecule has 8 aliphatic carbocycles. The van der Waals surface area contributed by atoms with Gasteiger partial charge in [0.25, 0.3) is 0 Å². The highest BCUT2D eigenvalue weighted by atomic mass is 16.3. The number of hydrogen-bond donors (Lipinski definition) is 8. The lowest BCUT2D eigenvalue weighted by Gasteiger charge is -2.40. The Labute approximate surface area is 600 Å². The Balaban J connectivity index is 0.000000549. The summed E-state index contributed by atoms with van der Waals surface area (Å²) < 4.78 is 0. The Kier molecular flexibility index (Phi) is 48.2. The van der Waals surface area contributed by atoms with Gasteiger partial charge in [0, 0.05) is 0 Å². The topological polar surface area (TPSA) is 162 Å². The summed E-state index contributed by atoms with van der Waals surface area (Å²) in [5, 5.41) is 77.7. The lowest BCUT2D eigenvalue weighted by atomic mass is 9.68. The average Bonchev–Trinajstić information content (AvgIpc) is 1.06. The summed E-state index contributed by atoms with van der Waals surface area (Å²) in [6.45, 7) is 58.4. The second kappa shape index (κ2) is 49.4. The van der Waals surface area contributed by atoms with Crippen LogP contribution >= 0.6 is 0 Å². The summed E-state index contributed by atoms with van der Waals surface area (Å²) in [4.78, 5) is 0. The molecule has 8 heteroatoms. The van der Waals surface area contributed by atoms with E-state index in [0.717, 1.165) is 116 Å². The lowest BCUT2D eigenvalue weighted by Crippen LogP contribution is -2.38. The van der Waals surface area contributed by atoms with Crippen LogP contribution < -0.4 is 0 Å². The summed E-state index contributed by atoms with van der Waals surface area (Å²) in [6, 6.07) is 0. The van der Waals surface area contributed by atoms with Crippen LogP contribution in [0.15, 0.2) is 0 Å². The Bertz CT molecular complexity index is 1740. The molecule has 0 saturated heterocycles. The van der Waals surface area contributed by atoms with E-state index in [1.165, 1.54) is 128 Å². The van der Waals surface area contributed by atoms with Crippen molar-refractivity contribution in [3.05, 3.63) is 0 Å². The lowest BCUT2D eigenvalue weighted by molar-refractivity contribution is -0.0104. The molecule has 0 aliphatic heterocycles. The monoisotopic (exact) mass is 1360 g/mol. The van der Waals surface area contributed by atoms with Crippen LogP contribution in [0.25, 0.3) is 0 Å². The van der Waals surface area contributed by atoms with Crippen molar-refractivity contribution in [3.63, 3.8) is 0 Å². The molecule has 0 spiro atoms. The van der Waals surface area contributed by atoms with Crippen LogP contribution in [0.5, 0.6) is 0 Å². The molecule has 0 radical (unpaired) electrons. The van der Waals surface area contributed by atoms with Crippen LogP contribution in [0.3, 0.4) is 0 Å². The molecule has 28 atom stereocenters. The van der Waals surface area contributed by atoms with Gasteiger partial charge < -0.3 is 40.9 Å². The van der Waals surface area contributed by atoms with Gasteiger partial charge in [-0.1, -0.05) is 257 Å². The molecule has 0 aromatic rings. The van der Waals surface area contributed by atoms with E-state index >= 15 is 0 Å². The maximum atomic E-state index is 9.88. The van der Waals surface area contributed by atoms with Gasteiger partial charge in [-0.25, -0.2) is 0 Å². The van der Waals surface area contributed by atoms with E-state index in [1.54, 1.807) is 0 Å². The zero-order valence-corrected chi connectivity index (χ0v) is 69.0. The van der Waals surface area contributed by atoms with Crippen molar-refractivity contribution in [2.24, 2.45) is 154 Å². The molecule has 0 aromatic heterocycles. The minimum Gasteiger partial charge on any atom is -0.393 e. The standard InChI is InChI=1S/8C11H22O/c1-7(2)11-9(4)5-8(3)6-10(11)12;1-7(2)11-9(4)8(3)5-6-10(11)12;1-4-5-10-6-9(3)11(12)7-8(10)2;1-4-5-10-6-8(2)9(3)11(12)7-10;1-4-5-11-8(2)6-10(12)7-9(11)3;1-4-5-10-6-8(2)11(12)9(3)7-10;1-4-5-10-7-11(12)9(3)6-8(10)2;1-4-5-10-6-7-11(12)9(3)8(10)2/h2*7-12H,5-6H2,1-4H3;6*8-12H,4-7H2,1-3H3. The van der Waals surface area contributed by atoms with Crippen LogP contribution in [-0.4, -0.2) is 89.7 Å². The highest BCUT2D eigenvalue weighted by Crippen LogP contribution is 2.43. The molecule has 28 unspecified atom stereocenters. The van der Waals surface area contributed by atoms with E-state index < -0.39 is 0 Å². The van der Waals surface area contributed by atoms with E-state index in [0.29, 0.717) is 88.8 Å². The SMILES string of the molecule is CC(C)C1C(O)CCC(C)C1C.CC1CC(C)C(C(C)C)C(O)C1.CCCC1C(C)CC(O)CC1C.CCCC1CC(C)C(C)C(O)C1.CCCC1CC(C)C(O)C(C)C1.CCCC1CC(C)C(O)CC1C.CCCC1CC(O)C(C)CC1C.CCCC1CCC(O)C(C)C1C. The second-order valence-corrected chi connectivity index (χ2v) is 36.9. The van der Waals surface area contributed by atoms with E-state index in [-0.39, 0.29) is 48.8 Å². The van der Waals surface area contributed by atoms with Crippen LogP contribution in [0.4, 0.5) is 0 Å². The smallest absolute Gasteiger partial charge is 0.0591 e. The molecule has 0 aromatic carbocycles. The zero-order chi connectivity index (χ0) is 73.4. The molecular weight excluding hydrogens is 1180 g/mol. The van der Waals surface area contributed by atoms with Gasteiger partial charge in [-0.05, 0) is 257 Å². The van der Waals surface area contributed by atoms with Gasteiger partial charge in [-0.3, -0.25) is 0 Å². The summed E-state index contributed by atoms with van der Waals surface area (Å²) in [5.41, 5.74) is 0. The third-order valence-electron chi connectivity index (χ3n) is 27.5. The predicted molar refractivity (Wildman–Crippen MR) is 416 cm³/mol. The van der Waals surface area contributed by atoms with Crippen LogP contribution in [0.2, 0.25) is 0 Å². The Morgan fingerprint density at radius 2 is 0.698 bits per heavy atom. The quantitative estimate of drug-likeness (QED) is 0.0853. The van der Waals surface area contributed by atoms with Gasteiger partial charge in [-0.15, -0.1) is 0 Å². The van der Waals surface area contributed by atoms with Gasteiger partial charge in [0.15, 0.2) is 0 Å². The third-order valence-corrected chi connectivity index (χ3v) is 27.5. The summed E-state index contributed by atoms with van der Waals surface area (Å²) >= 11 is 0. The van der Waals surface area contributed by atoms with Gasteiger partial charge in [-0.2, -0.15) is 0 Å². The van der Waals surface area contributed by atoms with E-state index in [1.807, 2.05) is 0 Å². The third kappa shape index (κ3) is 33.2. The molecule has 0 heterocycles. The zero-order valence-electron chi connectivity index (χ0n) is 69.0. The number of aliphatic hydroxyl groups excluding tert-OH is 8. The van der Waals surface area contributed by atoms with Crippen molar-refractivity contribution < 1.29 is 40.9 Å². The van der Waals surface area contributed by atoms with E-state index in [2.05, 4.69) is 180 Å². The molecule has 8 nitrogen and oxygen atoms in total. The van der Waals surface area contributed by atoms with Gasteiger partial charge in [0.1, 0.15) is 0 Å². The van der Waals surface area contributed by atoms with Gasteiger partial charge >= 0.3 is 0 Å². The minimum atomic E-state index is -0.0521. The molecule has 8 N–H and O–H groups in total. The molecule has 8 aliphatic rings. The fourth-order valence-corrected chi connectivity index (χ4v) is 20.8. The fourth-order valence-electron chi connectivity index (χ4n) is 20.8. The average molecular weight is 1360 g/mol. The first-order chi connectivity index (χ1) is 45.0. The normalized spacial score (nSPS) is 43.1. The van der Waals surface area contributed by atoms with E-state index in [9.17, 15) is 40.9 Å². The molecule has 8 fully saturated rings. The van der Waals surface area contributed by atoms with Crippen molar-refractivity contribution in [2.75, 3.05) is 0 Å². The molecule has 96 heavy (non-hydrogen) atoms. The maximum absolute atomic E-state index is 9.88. The highest BCUT2D eigenvalue weighted by Gasteiger charge is 2.39. The molecule has 8 saturated carbocycles. The Morgan fingerprint density at radius 1 is 0.260 bits per heavy atom. The predicted octanol–water partition coefficient (Wildman–Crippen LogP) is 22.3. The van der Waals surface area contributed by atoms with E-state index in [4.69, 9.17) is 0 Å². The Hall–Kier alpha value is -0.320. The number of hydrogen-bond acceptors (Lipinski definition) is 8. The van der Waals surface area contributed by atoms with Crippen molar-refractivity contribution in [1.29, 1.82) is 0 Å². The molecule has 576 valence electrons. The van der Waals surface area contributed by atoms with Gasteiger partial charge in [0.2, 0.25) is 0 Å². The first-order valence-electron chi connectivity index (χ1n) is 42.4. The summed E-state index contributed by atoms with van der Waals surface area (Å²) in [5.74, 6) is 17.8. The largest absolute Gasteiger partial charge is 0.393 e. The molecule has 0 amide bonds. The summed E-state index contributed by atoms with van der Waals surface area (Å²) in [7, 11) is 0. The first-order valence-corrected chi connectivity index (χ1v) is 42.4. The Morgan fingerprint density at radius 3 is 1.17 bits per heavy atom. The fraction of sp³-hybridized carbons (Fsp3) is 1.00. The first kappa shape index (κ1) is 93.7. The van der Waals surface area contributed by atoms with Crippen molar-refractivity contribution in [1.82, 2.24) is 0 Å². The minimum absolute atomic E-state index is 0.0249. The molecular formula is C88H176O8. The molecule has 0 bridgehead atoms. The van der Waals surface area contributed by atoms with Crippen LogP contribution in [-0.2, 0) is 0 Å². The maximum Gasteiger partial charge on any atom is 0.0591 e. The van der Waals surface area contributed by atoms with Crippen molar-refractivity contribution >= 4 is 0 Å². The molecule has 8 rings (SSSR count). The van der Waals surface area contributed by atoms with Crippen molar-refractivity contribution in [3.8, 4) is 0 Å². The summed E-state index contributed by atoms with van der Waals surface area (Å²) in [6.07, 6.45) is 33.5. The van der Waals surface area contributed by atoms with Crippen LogP contribution in [0.1, 0.15) is 360 Å². The highest BCUT2D eigenvalue weighted by molar-refractivity contribution is 4.89. The van der Waals surface area contributed by atoms with Crippen molar-refractivity contribution in [2.45, 2.75) is 409 Å². The van der Waals surface area contributed by atoms with Crippen LogP contribution in [0, 0.1) is 154 Å². The number of rotatable bonds is 14. The second-order valence-electron chi connectivity index (χ2n) is 36.9.